The van der Waals surface area contributed by atoms with Crippen molar-refractivity contribution in [2.24, 2.45) is 0 Å². The third kappa shape index (κ3) is 2.47. The summed E-state index contributed by atoms with van der Waals surface area (Å²) in [6.07, 6.45) is 2.09. The molecule has 1 N–H and O–H groups in total. The molecule has 2 aromatic rings. The summed E-state index contributed by atoms with van der Waals surface area (Å²) < 4.78 is 0. The van der Waals surface area contributed by atoms with Gasteiger partial charge in [0.1, 0.15) is 5.75 Å². The average Bonchev–Trinajstić information content (AvgIpc) is 2.67. The van der Waals surface area contributed by atoms with Crippen molar-refractivity contribution < 1.29 is 9.90 Å². The summed E-state index contributed by atoms with van der Waals surface area (Å²) in [5, 5.41) is 9.39. The molecule has 3 rings (SSSR count). The minimum atomic E-state index is -0.451. The molecular weight excluding hydrogens is 296 g/mol. The van der Waals surface area contributed by atoms with Gasteiger partial charge in [-0.25, -0.2) is 0 Å². The Morgan fingerprint density at radius 3 is 2.12 bits per heavy atom. The van der Waals surface area contributed by atoms with Crippen molar-refractivity contribution in [2.45, 2.75) is 45.4 Å². The van der Waals surface area contributed by atoms with Gasteiger partial charge < -0.3 is 5.11 Å². The van der Waals surface area contributed by atoms with Crippen molar-refractivity contribution in [1.29, 1.82) is 0 Å². The Morgan fingerprint density at radius 1 is 0.917 bits per heavy atom. The first-order valence-electron chi connectivity index (χ1n) is 8.31. The van der Waals surface area contributed by atoms with Crippen LogP contribution in [-0.2, 0) is 15.6 Å². The van der Waals surface area contributed by atoms with E-state index in [1.165, 1.54) is 0 Å². The lowest BCUT2D eigenvalue weighted by molar-refractivity contribution is -0.126. The summed E-state index contributed by atoms with van der Waals surface area (Å²) in [7, 11) is 0. The van der Waals surface area contributed by atoms with Crippen molar-refractivity contribution in [2.75, 3.05) is 0 Å². The number of allylic oxidation sites excluding steroid dienone is 1. The molecule has 0 unspecified atom stereocenters. The molecule has 24 heavy (non-hydrogen) atoms. The topological polar surface area (TPSA) is 37.3 Å². The molecule has 2 heteroatoms. The fourth-order valence-corrected chi connectivity index (χ4v) is 3.78. The zero-order valence-corrected chi connectivity index (χ0v) is 15.0. The summed E-state index contributed by atoms with van der Waals surface area (Å²) in [6, 6.07) is 13.5. The first-order chi connectivity index (χ1) is 11.1. The van der Waals surface area contributed by atoms with Gasteiger partial charge in [-0.2, -0.15) is 0 Å². The minimum absolute atomic E-state index is 0.268. The first kappa shape index (κ1) is 16.5. The molecular formula is C22H24O2. The number of aromatic hydroxyl groups is 1. The zero-order valence-electron chi connectivity index (χ0n) is 15.0. The van der Waals surface area contributed by atoms with Crippen LogP contribution in [0.1, 0.15) is 56.9 Å². The van der Waals surface area contributed by atoms with E-state index in [9.17, 15) is 9.90 Å². The first-order valence-corrected chi connectivity index (χ1v) is 8.31. The summed E-state index contributed by atoms with van der Waals surface area (Å²) >= 11 is 0. The van der Waals surface area contributed by atoms with Crippen molar-refractivity contribution in [1.82, 2.24) is 0 Å². The summed E-state index contributed by atoms with van der Waals surface area (Å²) in [5.41, 5.74) is 4.70. The van der Waals surface area contributed by atoms with E-state index >= 15 is 0 Å². The van der Waals surface area contributed by atoms with Gasteiger partial charge in [-0.15, -0.1) is 0 Å². The van der Waals surface area contributed by atoms with Crippen molar-refractivity contribution in [3.63, 3.8) is 0 Å². The number of hydrogen-bond donors (Lipinski definition) is 1. The minimum Gasteiger partial charge on any atom is -0.508 e. The van der Waals surface area contributed by atoms with Crippen molar-refractivity contribution in [3.05, 3.63) is 64.7 Å². The van der Waals surface area contributed by atoms with Gasteiger partial charge in [-0.3, -0.25) is 4.79 Å². The van der Waals surface area contributed by atoms with Gasteiger partial charge in [0.25, 0.3) is 0 Å². The zero-order chi connectivity index (χ0) is 17.7. The standard InChI is InChI=1S/C22H24O2/c1-14(12-15-6-9-17(23)10-7-15)16-8-11-18-19(13-16)22(4,5)20(24)21(18,2)3/h6-13,23H,1-5H3. The van der Waals surface area contributed by atoms with Crippen LogP contribution in [0.5, 0.6) is 5.75 Å². The molecule has 0 amide bonds. The lowest BCUT2D eigenvalue weighted by Crippen LogP contribution is -2.33. The van der Waals surface area contributed by atoms with Crippen LogP contribution in [0.2, 0.25) is 0 Å². The highest BCUT2D eigenvalue weighted by atomic mass is 16.3. The summed E-state index contributed by atoms with van der Waals surface area (Å²) in [6.45, 7) is 10.1. The molecule has 0 saturated heterocycles. The highest BCUT2D eigenvalue weighted by Gasteiger charge is 2.50. The maximum atomic E-state index is 12.8. The van der Waals surface area contributed by atoms with E-state index in [2.05, 4.69) is 31.2 Å². The molecule has 0 heterocycles. The molecule has 124 valence electrons. The van der Waals surface area contributed by atoms with Crippen LogP contribution in [0.25, 0.3) is 11.6 Å². The second-order valence-corrected chi connectivity index (χ2v) is 7.76. The van der Waals surface area contributed by atoms with Gasteiger partial charge >= 0.3 is 0 Å². The predicted octanol–water partition coefficient (Wildman–Crippen LogP) is 5.09. The van der Waals surface area contributed by atoms with Gasteiger partial charge in [0.15, 0.2) is 5.78 Å². The Bertz CT molecular complexity index is 837. The number of fused-ring (bicyclic) bond motifs is 1. The Morgan fingerprint density at radius 2 is 1.50 bits per heavy atom. The molecule has 0 saturated carbocycles. The van der Waals surface area contributed by atoms with Crippen molar-refractivity contribution in [3.8, 4) is 5.75 Å². The van der Waals surface area contributed by atoms with Gasteiger partial charge in [-0.05, 0) is 74.6 Å². The third-order valence-electron chi connectivity index (χ3n) is 5.23. The fourth-order valence-electron chi connectivity index (χ4n) is 3.78. The van der Waals surface area contributed by atoms with Crippen molar-refractivity contribution >= 4 is 17.4 Å². The molecule has 0 spiro atoms. The molecule has 2 nitrogen and oxygen atoms in total. The van der Waals surface area contributed by atoms with E-state index in [0.29, 0.717) is 0 Å². The van der Waals surface area contributed by atoms with E-state index < -0.39 is 10.8 Å². The second kappa shape index (κ2) is 5.34. The number of phenols is 1. The number of Topliss-reactive ketones (excluding diaryl/α,β-unsaturated/α-hetero) is 1. The number of benzene rings is 2. The van der Waals surface area contributed by atoms with Gasteiger partial charge in [0, 0.05) is 10.8 Å². The van der Waals surface area contributed by atoms with Crippen LogP contribution < -0.4 is 0 Å². The lowest BCUT2D eigenvalue weighted by atomic mass is 9.80. The third-order valence-corrected chi connectivity index (χ3v) is 5.23. The largest absolute Gasteiger partial charge is 0.508 e. The molecule has 0 radical (unpaired) electrons. The second-order valence-electron chi connectivity index (χ2n) is 7.76. The number of phenolic OH excluding ortho intramolecular Hbond substituents is 1. The van der Waals surface area contributed by atoms with E-state index in [1.54, 1.807) is 12.1 Å². The van der Waals surface area contributed by atoms with Crippen LogP contribution in [0, 0.1) is 0 Å². The number of carbonyl (C=O) groups excluding carboxylic acids is 1. The van der Waals surface area contributed by atoms with E-state index in [0.717, 1.165) is 27.8 Å². The maximum Gasteiger partial charge on any atom is 0.152 e. The highest BCUT2D eigenvalue weighted by molar-refractivity contribution is 6.03. The number of rotatable bonds is 2. The van der Waals surface area contributed by atoms with Crippen LogP contribution in [0.3, 0.4) is 0 Å². The molecule has 0 atom stereocenters. The van der Waals surface area contributed by atoms with Gasteiger partial charge in [-0.1, -0.05) is 36.4 Å². The lowest BCUT2D eigenvalue weighted by Gasteiger charge is -2.21. The van der Waals surface area contributed by atoms with E-state index in [-0.39, 0.29) is 11.5 Å². The summed E-state index contributed by atoms with van der Waals surface area (Å²) in [4.78, 5) is 12.8. The Labute approximate surface area is 143 Å². The van der Waals surface area contributed by atoms with Gasteiger partial charge in [0.05, 0.1) is 0 Å². The Hall–Kier alpha value is -2.35. The SMILES string of the molecule is CC(=Cc1ccc(O)cc1)c1ccc2c(c1)C(C)(C)C(=O)C2(C)C. The number of hydrogen-bond acceptors (Lipinski definition) is 2. The van der Waals surface area contributed by atoms with E-state index in [1.807, 2.05) is 39.8 Å². The highest BCUT2D eigenvalue weighted by Crippen LogP contribution is 2.47. The Kier molecular flexibility index (Phi) is 3.67. The van der Waals surface area contributed by atoms with Crippen LogP contribution >= 0.6 is 0 Å². The maximum absolute atomic E-state index is 12.8. The smallest absolute Gasteiger partial charge is 0.152 e. The van der Waals surface area contributed by atoms with E-state index in [4.69, 9.17) is 0 Å². The Balaban J connectivity index is 2.05. The number of carbonyl (C=O) groups is 1. The molecule has 0 aliphatic heterocycles. The molecule has 0 bridgehead atoms. The quantitative estimate of drug-likeness (QED) is 0.783. The molecule has 2 aromatic carbocycles. The summed E-state index contributed by atoms with van der Waals surface area (Å²) in [5.74, 6) is 0.548. The van der Waals surface area contributed by atoms with Crippen LogP contribution in [-0.4, -0.2) is 10.9 Å². The molecule has 1 aliphatic carbocycles. The molecule has 0 aromatic heterocycles. The van der Waals surface area contributed by atoms with Gasteiger partial charge in [0.2, 0.25) is 0 Å². The average molecular weight is 320 g/mol. The number of ketones is 1. The fraction of sp³-hybridized carbons (Fsp3) is 0.318. The van der Waals surface area contributed by atoms with Crippen LogP contribution in [0.4, 0.5) is 0 Å². The van der Waals surface area contributed by atoms with Crippen LogP contribution in [0.15, 0.2) is 42.5 Å². The molecule has 1 aliphatic rings. The normalized spacial score (nSPS) is 18.5. The predicted molar refractivity (Wildman–Crippen MR) is 99.2 cm³/mol. The monoisotopic (exact) mass is 320 g/mol. The molecule has 0 fully saturated rings.